The van der Waals surface area contributed by atoms with Crippen LogP contribution < -0.4 is 0 Å². The summed E-state index contributed by atoms with van der Waals surface area (Å²) in [6, 6.07) is 0. The van der Waals surface area contributed by atoms with Crippen molar-refractivity contribution < 1.29 is 0 Å². The van der Waals surface area contributed by atoms with Crippen LogP contribution in [-0.2, 0) is 0 Å². The highest BCUT2D eigenvalue weighted by atomic mass is 35.5. The van der Waals surface area contributed by atoms with E-state index in [1.165, 1.54) is 5.57 Å². The van der Waals surface area contributed by atoms with Crippen LogP contribution in [0.3, 0.4) is 0 Å². The molecule has 0 aromatic carbocycles. The van der Waals surface area contributed by atoms with Gasteiger partial charge >= 0.3 is 0 Å². The van der Waals surface area contributed by atoms with Gasteiger partial charge in [-0.25, -0.2) is 0 Å². The van der Waals surface area contributed by atoms with E-state index in [2.05, 4.69) is 26.8 Å². The van der Waals surface area contributed by atoms with Crippen molar-refractivity contribution in [1.29, 1.82) is 0 Å². The summed E-state index contributed by atoms with van der Waals surface area (Å²) in [5.74, 6) is 1.22. The van der Waals surface area contributed by atoms with Gasteiger partial charge in [-0.2, -0.15) is 0 Å². The molecule has 0 spiro atoms. The third kappa shape index (κ3) is 1.87. The first kappa shape index (κ1) is 8.86. The smallest absolute Gasteiger partial charge is 0.0400 e. The largest absolute Gasteiger partial charge is 0.0844 e. The van der Waals surface area contributed by atoms with Crippen molar-refractivity contribution in [2.45, 2.75) is 27.2 Å². The zero-order valence-corrected chi connectivity index (χ0v) is 8.15. The van der Waals surface area contributed by atoms with Crippen molar-refractivity contribution in [3.8, 4) is 0 Å². The SMILES string of the molecule is CC(C)C1=C(Cl)C=CCC1C. The van der Waals surface area contributed by atoms with Crippen LogP contribution >= 0.6 is 11.6 Å². The summed E-state index contributed by atoms with van der Waals surface area (Å²) in [7, 11) is 0. The second-order valence-electron chi connectivity index (χ2n) is 3.50. The number of rotatable bonds is 1. The number of hydrogen-bond donors (Lipinski definition) is 0. The van der Waals surface area contributed by atoms with Gasteiger partial charge in [-0.05, 0) is 29.9 Å². The van der Waals surface area contributed by atoms with Gasteiger partial charge in [-0.3, -0.25) is 0 Å². The predicted octanol–water partition coefficient (Wildman–Crippen LogP) is 3.73. The van der Waals surface area contributed by atoms with Crippen LogP contribution in [0.15, 0.2) is 22.8 Å². The number of hydrogen-bond acceptors (Lipinski definition) is 0. The fourth-order valence-electron chi connectivity index (χ4n) is 1.68. The summed E-state index contributed by atoms with van der Waals surface area (Å²) in [5.41, 5.74) is 1.41. The normalized spacial score (nSPS) is 25.0. The van der Waals surface area contributed by atoms with E-state index in [1.807, 2.05) is 6.08 Å². The van der Waals surface area contributed by atoms with Gasteiger partial charge in [0.25, 0.3) is 0 Å². The highest BCUT2D eigenvalue weighted by molar-refractivity contribution is 6.31. The maximum absolute atomic E-state index is 6.07. The van der Waals surface area contributed by atoms with E-state index < -0.39 is 0 Å². The molecule has 0 radical (unpaired) electrons. The molecule has 62 valence electrons. The summed E-state index contributed by atoms with van der Waals surface area (Å²) in [5, 5.41) is 0.957. The van der Waals surface area contributed by atoms with Crippen molar-refractivity contribution >= 4 is 11.6 Å². The second kappa shape index (κ2) is 3.44. The highest BCUT2D eigenvalue weighted by Gasteiger charge is 2.17. The lowest BCUT2D eigenvalue weighted by Crippen LogP contribution is -2.09. The molecule has 0 aromatic heterocycles. The van der Waals surface area contributed by atoms with Crippen LogP contribution in [-0.4, -0.2) is 0 Å². The van der Waals surface area contributed by atoms with Crippen molar-refractivity contribution in [1.82, 2.24) is 0 Å². The van der Waals surface area contributed by atoms with Gasteiger partial charge in [0, 0.05) is 5.03 Å². The van der Waals surface area contributed by atoms with Gasteiger partial charge in [-0.15, -0.1) is 0 Å². The number of halogens is 1. The molecule has 11 heavy (non-hydrogen) atoms. The Balaban J connectivity index is 2.91. The second-order valence-corrected chi connectivity index (χ2v) is 3.90. The Morgan fingerprint density at radius 1 is 1.55 bits per heavy atom. The molecular formula is C10H15Cl. The molecule has 0 amide bonds. The maximum atomic E-state index is 6.07. The Morgan fingerprint density at radius 2 is 2.18 bits per heavy atom. The van der Waals surface area contributed by atoms with Gasteiger partial charge in [0.2, 0.25) is 0 Å². The van der Waals surface area contributed by atoms with Crippen molar-refractivity contribution in [3.63, 3.8) is 0 Å². The highest BCUT2D eigenvalue weighted by Crippen LogP contribution is 2.32. The summed E-state index contributed by atoms with van der Waals surface area (Å²) in [6.07, 6.45) is 5.32. The first-order chi connectivity index (χ1) is 5.13. The lowest BCUT2D eigenvalue weighted by atomic mass is 9.86. The quantitative estimate of drug-likeness (QED) is 0.563. The average molecular weight is 171 g/mol. The van der Waals surface area contributed by atoms with E-state index in [-0.39, 0.29) is 0 Å². The maximum Gasteiger partial charge on any atom is 0.0400 e. The van der Waals surface area contributed by atoms with Crippen LogP contribution in [0.2, 0.25) is 0 Å². The molecule has 1 unspecified atom stereocenters. The lowest BCUT2D eigenvalue weighted by molar-refractivity contribution is 0.581. The van der Waals surface area contributed by atoms with E-state index in [0.29, 0.717) is 11.8 Å². The third-order valence-corrected chi connectivity index (χ3v) is 2.53. The Morgan fingerprint density at radius 3 is 2.55 bits per heavy atom. The van der Waals surface area contributed by atoms with Gasteiger partial charge in [0.05, 0.1) is 0 Å². The summed E-state index contributed by atoms with van der Waals surface area (Å²) < 4.78 is 0. The molecule has 0 N–H and O–H groups in total. The molecule has 0 saturated heterocycles. The monoisotopic (exact) mass is 170 g/mol. The minimum atomic E-state index is 0.586. The molecule has 0 saturated carbocycles. The Kier molecular flexibility index (Phi) is 2.78. The fraction of sp³-hybridized carbons (Fsp3) is 0.600. The van der Waals surface area contributed by atoms with E-state index >= 15 is 0 Å². The van der Waals surface area contributed by atoms with E-state index in [4.69, 9.17) is 11.6 Å². The molecular weight excluding hydrogens is 156 g/mol. The molecule has 1 heteroatoms. The summed E-state index contributed by atoms with van der Waals surface area (Å²) >= 11 is 6.07. The van der Waals surface area contributed by atoms with Gasteiger partial charge in [0.15, 0.2) is 0 Å². The molecule has 0 bridgehead atoms. The predicted molar refractivity (Wildman–Crippen MR) is 50.6 cm³/mol. The lowest BCUT2D eigenvalue weighted by Gasteiger charge is -2.22. The minimum Gasteiger partial charge on any atom is -0.0844 e. The van der Waals surface area contributed by atoms with Crippen LogP contribution in [0.5, 0.6) is 0 Å². The molecule has 0 heterocycles. The number of allylic oxidation sites excluding steroid dienone is 4. The van der Waals surface area contributed by atoms with Crippen LogP contribution in [0.25, 0.3) is 0 Å². The van der Waals surface area contributed by atoms with Crippen LogP contribution in [0, 0.1) is 11.8 Å². The topological polar surface area (TPSA) is 0 Å². The molecule has 0 fully saturated rings. The van der Waals surface area contributed by atoms with Crippen LogP contribution in [0.4, 0.5) is 0 Å². The summed E-state index contributed by atoms with van der Waals surface area (Å²) in [6.45, 7) is 6.64. The fourth-order valence-corrected chi connectivity index (χ4v) is 2.17. The summed E-state index contributed by atoms with van der Waals surface area (Å²) in [4.78, 5) is 0. The van der Waals surface area contributed by atoms with Crippen LogP contribution in [0.1, 0.15) is 27.2 Å². The van der Waals surface area contributed by atoms with Gasteiger partial charge in [-0.1, -0.05) is 38.4 Å². The molecule has 0 nitrogen and oxygen atoms in total. The zero-order chi connectivity index (χ0) is 8.43. The average Bonchev–Trinajstić information content (AvgIpc) is 1.85. The molecule has 1 aliphatic carbocycles. The standard InChI is InChI=1S/C10H15Cl/c1-7(2)10-8(3)5-4-6-9(10)11/h4,6-8H,5H2,1-3H3. The molecule has 0 aromatic rings. The Labute approximate surface area is 73.9 Å². The molecule has 1 rings (SSSR count). The van der Waals surface area contributed by atoms with Crippen molar-refractivity contribution in [2.75, 3.05) is 0 Å². The van der Waals surface area contributed by atoms with Gasteiger partial charge in [0.1, 0.15) is 0 Å². The van der Waals surface area contributed by atoms with E-state index in [9.17, 15) is 0 Å². The minimum absolute atomic E-state index is 0.586. The van der Waals surface area contributed by atoms with E-state index in [1.54, 1.807) is 0 Å². The molecule has 0 aliphatic heterocycles. The third-order valence-electron chi connectivity index (χ3n) is 2.18. The molecule has 1 atom stereocenters. The Hall–Kier alpha value is -0.230. The van der Waals surface area contributed by atoms with E-state index in [0.717, 1.165) is 11.5 Å². The molecule has 1 aliphatic rings. The van der Waals surface area contributed by atoms with Crippen molar-refractivity contribution in [2.24, 2.45) is 11.8 Å². The Bertz CT molecular complexity index is 199. The van der Waals surface area contributed by atoms with Crippen molar-refractivity contribution in [3.05, 3.63) is 22.8 Å². The zero-order valence-electron chi connectivity index (χ0n) is 7.39. The first-order valence-corrected chi connectivity index (χ1v) is 4.56. The van der Waals surface area contributed by atoms with Gasteiger partial charge < -0.3 is 0 Å². The first-order valence-electron chi connectivity index (χ1n) is 4.19.